The minimum absolute atomic E-state index is 0.421. The van der Waals surface area contributed by atoms with Gasteiger partial charge in [-0.1, -0.05) is 19.1 Å². The van der Waals surface area contributed by atoms with Gasteiger partial charge in [-0.15, -0.1) is 0 Å². The average molecular weight is 154 g/mol. The first-order valence-corrected chi connectivity index (χ1v) is 4.46. The molecular weight excluding hydrogens is 136 g/mol. The van der Waals surface area contributed by atoms with Gasteiger partial charge in [0, 0.05) is 25.7 Å². The van der Waals surface area contributed by atoms with E-state index in [1.54, 1.807) is 0 Å². The van der Waals surface area contributed by atoms with Crippen molar-refractivity contribution < 1.29 is 0 Å². The van der Waals surface area contributed by atoms with Crippen LogP contribution in [0.2, 0.25) is 0 Å². The lowest BCUT2D eigenvalue weighted by molar-refractivity contribution is 0.371. The number of nitrogens with zero attached hydrogens (tertiary/aromatic N) is 1. The molecule has 1 unspecified atom stereocenters. The van der Waals surface area contributed by atoms with E-state index in [-0.39, 0.29) is 0 Å². The van der Waals surface area contributed by atoms with Crippen molar-refractivity contribution in [3.63, 3.8) is 0 Å². The highest BCUT2D eigenvalue weighted by Crippen LogP contribution is 2.05. The van der Waals surface area contributed by atoms with E-state index >= 15 is 0 Å². The van der Waals surface area contributed by atoms with Crippen molar-refractivity contribution in [2.45, 2.75) is 25.8 Å². The lowest BCUT2D eigenvalue weighted by Gasteiger charge is -2.11. The molecule has 0 aromatic rings. The van der Waals surface area contributed by atoms with Crippen LogP contribution in [0.3, 0.4) is 0 Å². The van der Waals surface area contributed by atoms with Crippen LogP contribution in [-0.2, 0) is 0 Å². The summed E-state index contributed by atoms with van der Waals surface area (Å²) in [7, 11) is 0. The molecule has 11 heavy (non-hydrogen) atoms. The average Bonchev–Trinajstić information content (AvgIpc) is 2.37. The van der Waals surface area contributed by atoms with Crippen LogP contribution in [0.15, 0.2) is 12.2 Å². The molecule has 1 aliphatic rings. The molecule has 0 radical (unpaired) electrons. The summed E-state index contributed by atoms with van der Waals surface area (Å²) in [6.07, 6.45) is 6.75. The molecule has 0 aliphatic carbocycles. The summed E-state index contributed by atoms with van der Waals surface area (Å²) in [5, 5.41) is 0. The Kier molecular flexibility index (Phi) is 3.60. The zero-order chi connectivity index (χ0) is 8.10. The van der Waals surface area contributed by atoms with Gasteiger partial charge in [0.2, 0.25) is 0 Å². The normalized spacial score (nSPS) is 26.9. The van der Waals surface area contributed by atoms with Crippen LogP contribution in [0.5, 0.6) is 0 Å². The van der Waals surface area contributed by atoms with Crippen LogP contribution in [0.25, 0.3) is 0 Å². The van der Waals surface area contributed by atoms with Gasteiger partial charge in [0.05, 0.1) is 0 Å². The Bertz CT molecular complexity index is 132. The first kappa shape index (κ1) is 8.75. The zero-order valence-electron chi connectivity index (χ0n) is 7.29. The van der Waals surface area contributed by atoms with Gasteiger partial charge in [-0.05, 0) is 12.8 Å². The van der Waals surface area contributed by atoms with Gasteiger partial charge in [-0.25, -0.2) is 0 Å². The molecule has 1 fully saturated rings. The van der Waals surface area contributed by atoms with Crippen LogP contribution in [0.1, 0.15) is 19.8 Å². The monoisotopic (exact) mass is 154 g/mol. The molecule has 1 saturated heterocycles. The molecule has 1 aliphatic heterocycles. The summed E-state index contributed by atoms with van der Waals surface area (Å²) in [6.45, 7) is 5.50. The summed E-state index contributed by atoms with van der Waals surface area (Å²) in [5.41, 5.74) is 5.76. The van der Waals surface area contributed by atoms with Gasteiger partial charge in [0.25, 0.3) is 0 Å². The van der Waals surface area contributed by atoms with E-state index in [4.69, 9.17) is 5.73 Å². The minimum atomic E-state index is 0.421. The van der Waals surface area contributed by atoms with E-state index in [9.17, 15) is 0 Å². The summed E-state index contributed by atoms with van der Waals surface area (Å²) in [6, 6.07) is 0.421. The van der Waals surface area contributed by atoms with E-state index in [2.05, 4.69) is 24.0 Å². The third-order valence-electron chi connectivity index (χ3n) is 2.07. The SMILES string of the molecule is CC/C=C/CN1CCC(N)C1. The Morgan fingerprint density at radius 2 is 2.36 bits per heavy atom. The molecule has 0 spiro atoms. The summed E-state index contributed by atoms with van der Waals surface area (Å²) >= 11 is 0. The zero-order valence-corrected chi connectivity index (χ0v) is 7.29. The van der Waals surface area contributed by atoms with Gasteiger partial charge in [0.15, 0.2) is 0 Å². The molecule has 1 rings (SSSR count). The molecule has 0 aromatic heterocycles. The molecule has 64 valence electrons. The first-order chi connectivity index (χ1) is 5.33. The van der Waals surface area contributed by atoms with Crippen LogP contribution >= 0.6 is 0 Å². The molecule has 0 bridgehead atoms. The van der Waals surface area contributed by atoms with Crippen molar-refractivity contribution in [3.05, 3.63) is 12.2 Å². The topological polar surface area (TPSA) is 29.3 Å². The summed E-state index contributed by atoms with van der Waals surface area (Å²) < 4.78 is 0. The van der Waals surface area contributed by atoms with E-state index in [0.717, 1.165) is 19.5 Å². The summed E-state index contributed by atoms with van der Waals surface area (Å²) in [4.78, 5) is 2.40. The molecular formula is C9H18N2. The van der Waals surface area contributed by atoms with Crippen molar-refractivity contribution in [3.8, 4) is 0 Å². The number of likely N-dealkylation sites (tertiary alicyclic amines) is 1. The Morgan fingerprint density at radius 1 is 1.55 bits per heavy atom. The third kappa shape index (κ3) is 3.04. The second-order valence-electron chi connectivity index (χ2n) is 3.19. The van der Waals surface area contributed by atoms with Crippen molar-refractivity contribution in [2.24, 2.45) is 5.73 Å². The largest absolute Gasteiger partial charge is 0.326 e. The Hall–Kier alpha value is -0.340. The van der Waals surface area contributed by atoms with E-state index < -0.39 is 0 Å². The molecule has 0 saturated carbocycles. The smallest absolute Gasteiger partial charge is 0.0180 e. The van der Waals surface area contributed by atoms with Crippen LogP contribution < -0.4 is 5.73 Å². The number of allylic oxidation sites excluding steroid dienone is 1. The molecule has 2 nitrogen and oxygen atoms in total. The Labute approximate surface area is 69.1 Å². The predicted molar refractivity (Wildman–Crippen MR) is 48.5 cm³/mol. The number of hydrogen-bond donors (Lipinski definition) is 1. The summed E-state index contributed by atoms with van der Waals surface area (Å²) in [5.74, 6) is 0. The highest BCUT2D eigenvalue weighted by atomic mass is 15.2. The van der Waals surface area contributed by atoms with Gasteiger partial charge < -0.3 is 5.73 Å². The fourth-order valence-corrected chi connectivity index (χ4v) is 1.42. The van der Waals surface area contributed by atoms with Crippen LogP contribution in [0.4, 0.5) is 0 Å². The van der Waals surface area contributed by atoms with Gasteiger partial charge in [-0.3, -0.25) is 4.90 Å². The fourth-order valence-electron chi connectivity index (χ4n) is 1.42. The second-order valence-corrected chi connectivity index (χ2v) is 3.19. The Morgan fingerprint density at radius 3 is 2.91 bits per heavy atom. The maximum Gasteiger partial charge on any atom is 0.0180 e. The number of nitrogens with two attached hydrogens (primary N) is 1. The molecule has 2 heteroatoms. The predicted octanol–water partition coefficient (Wildman–Crippen LogP) is 0.986. The molecule has 1 atom stereocenters. The van der Waals surface area contributed by atoms with Gasteiger partial charge in [0.1, 0.15) is 0 Å². The first-order valence-electron chi connectivity index (χ1n) is 4.46. The van der Waals surface area contributed by atoms with Crippen LogP contribution in [0, 0.1) is 0 Å². The van der Waals surface area contributed by atoms with Crippen molar-refractivity contribution in [2.75, 3.05) is 19.6 Å². The van der Waals surface area contributed by atoms with Crippen molar-refractivity contribution in [1.29, 1.82) is 0 Å². The quantitative estimate of drug-likeness (QED) is 0.614. The number of rotatable bonds is 3. The van der Waals surface area contributed by atoms with Crippen LogP contribution in [-0.4, -0.2) is 30.6 Å². The molecule has 0 aromatic carbocycles. The molecule has 2 N–H and O–H groups in total. The van der Waals surface area contributed by atoms with Gasteiger partial charge >= 0.3 is 0 Å². The van der Waals surface area contributed by atoms with Gasteiger partial charge in [-0.2, -0.15) is 0 Å². The maximum absolute atomic E-state index is 5.76. The van der Waals surface area contributed by atoms with E-state index in [1.165, 1.54) is 13.0 Å². The van der Waals surface area contributed by atoms with E-state index in [1.807, 2.05) is 0 Å². The fraction of sp³-hybridized carbons (Fsp3) is 0.778. The molecule has 1 heterocycles. The van der Waals surface area contributed by atoms with Crippen molar-refractivity contribution in [1.82, 2.24) is 4.90 Å². The third-order valence-corrected chi connectivity index (χ3v) is 2.07. The lowest BCUT2D eigenvalue weighted by Crippen LogP contribution is -2.26. The maximum atomic E-state index is 5.76. The minimum Gasteiger partial charge on any atom is -0.326 e. The number of hydrogen-bond acceptors (Lipinski definition) is 2. The standard InChI is InChI=1S/C9H18N2/c1-2-3-4-6-11-7-5-9(10)8-11/h3-4,9H,2,5-8,10H2,1H3/b4-3+. The van der Waals surface area contributed by atoms with E-state index in [0.29, 0.717) is 6.04 Å². The Balaban J connectivity index is 2.13. The molecule has 0 amide bonds. The second kappa shape index (κ2) is 4.52. The lowest BCUT2D eigenvalue weighted by atomic mass is 10.3. The highest BCUT2D eigenvalue weighted by Gasteiger charge is 2.16. The highest BCUT2D eigenvalue weighted by molar-refractivity contribution is 4.87. The van der Waals surface area contributed by atoms with Crippen molar-refractivity contribution >= 4 is 0 Å².